The van der Waals surface area contributed by atoms with Crippen molar-refractivity contribution in [2.45, 2.75) is 213 Å². The van der Waals surface area contributed by atoms with Crippen LogP contribution in [0.2, 0.25) is 0 Å². The fraction of sp³-hybridized carbons (Fsp3) is 0.667. The van der Waals surface area contributed by atoms with Crippen LogP contribution in [0, 0.1) is 0 Å². The molecule has 0 aromatic rings. The highest BCUT2D eigenvalue weighted by atomic mass is 31.2. The van der Waals surface area contributed by atoms with Crippen molar-refractivity contribution in [3.8, 4) is 0 Å². The maximum absolute atomic E-state index is 12.8. The van der Waals surface area contributed by atoms with Crippen LogP contribution < -0.4 is 0 Å². The van der Waals surface area contributed by atoms with E-state index in [-0.39, 0.29) is 32.0 Å². The molecule has 0 aliphatic rings. The number of carbonyl (C=O) groups is 2. The van der Waals surface area contributed by atoms with Gasteiger partial charge in [0.05, 0.1) is 27.7 Å². The molecule has 10 heteroatoms. The van der Waals surface area contributed by atoms with Crippen molar-refractivity contribution in [3.05, 3.63) is 109 Å². The average molecular weight is 997 g/mol. The Morgan fingerprint density at radius 2 is 0.771 bits per heavy atom. The third kappa shape index (κ3) is 54.0. The minimum absolute atomic E-state index is 0.0215. The van der Waals surface area contributed by atoms with Gasteiger partial charge >= 0.3 is 19.8 Å². The fourth-order valence-corrected chi connectivity index (χ4v) is 7.83. The molecule has 2 unspecified atom stereocenters. The van der Waals surface area contributed by atoms with E-state index in [2.05, 4.69) is 123 Å². The molecule has 400 valence electrons. The van der Waals surface area contributed by atoms with Gasteiger partial charge in [-0.2, -0.15) is 0 Å². The zero-order chi connectivity index (χ0) is 51.3. The van der Waals surface area contributed by atoms with Gasteiger partial charge < -0.3 is 18.9 Å². The number of ether oxygens (including phenoxy) is 2. The molecule has 1 N–H and O–H groups in total. The summed E-state index contributed by atoms with van der Waals surface area (Å²) in [6, 6.07) is 0. The lowest BCUT2D eigenvalue weighted by Crippen LogP contribution is -2.37. The predicted molar refractivity (Wildman–Crippen MR) is 298 cm³/mol. The summed E-state index contributed by atoms with van der Waals surface area (Å²) in [5.74, 6) is -0.828. The van der Waals surface area contributed by atoms with Gasteiger partial charge in [0, 0.05) is 12.8 Å². The molecule has 0 saturated heterocycles. The molecule has 0 amide bonds. The zero-order valence-corrected chi connectivity index (χ0v) is 46.1. The maximum Gasteiger partial charge on any atom is 0.472 e. The topological polar surface area (TPSA) is 108 Å². The van der Waals surface area contributed by atoms with Crippen molar-refractivity contribution in [3.63, 3.8) is 0 Å². The lowest BCUT2D eigenvalue weighted by molar-refractivity contribution is -0.870. The van der Waals surface area contributed by atoms with Gasteiger partial charge in [0.1, 0.15) is 19.8 Å². The largest absolute Gasteiger partial charge is 0.472 e. The van der Waals surface area contributed by atoms with Crippen LogP contribution in [0.1, 0.15) is 206 Å². The van der Waals surface area contributed by atoms with E-state index >= 15 is 0 Å². The van der Waals surface area contributed by atoms with Crippen LogP contribution in [0.3, 0.4) is 0 Å². The van der Waals surface area contributed by atoms with Crippen molar-refractivity contribution >= 4 is 19.8 Å². The van der Waals surface area contributed by atoms with Crippen LogP contribution in [0.4, 0.5) is 0 Å². The Morgan fingerprint density at radius 3 is 1.14 bits per heavy atom. The molecule has 0 radical (unpaired) electrons. The summed E-state index contributed by atoms with van der Waals surface area (Å²) >= 11 is 0. The van der Waals surface area contributed by atoms with Gasteiger partial charge in [0.2, 0.25) is 0 Å². The third-order valence-corrected chi connectivity index (χ3v) is 12.3. The number of hydrogen-bond acceptors (Lipinski definition) is 7. The number of nitrogens with zero attached hydrogens (tertiary/aromatic N) is 1. The number of hydrogen-bond donors (Lipinski definition) is 1. The van der Waals surface area contributed by atoms with Gasteiger partial charge in [-0.05, 0) is 96.3 Å². The lowest BCUT2D eigenvalue weighted by Gasteiger charge is -2.24. The molecule has 9 nitrogen and oxygen atoms in total. The number of esters is 2. The van der Waals surface area contributed by atoms with Gasteiger partial charge in [0.25, 0.3) is 0 Å². The minimum atomic E-state index is -4.40. The molecule has 0 aromatic carbocycles. The van der Waals surface area contributed by atoms with E-state index in [4.69, 9.17) is 18.5 Å². The zero-order valence-electron chi connectivity index (χ0n) is 45.2. The molecule has 2 atom stereocenters. The highest BCUT2D eigenvalue weighted by Gasteiger charge is 2.27. The van der Waals surface area contributed by atoms with E-state index < -0.39 is 26.5 Å². The molecular weight excluding hydrogens is 894 g/mol. The SMILES string of the molecule is CC/C=C\C/C=C\C/C=C\C/C=C\C/C=C\CCCCCCCC(=O)OC(COC(=O)CCCCCCCCCCCCCC/C=C\C/C=C\C/C=C\C/C=C\CC)COP(=O)(O)OCC[N+](C)(C)C. The third-order valence-electron chi connectivity index (χ3n) is 11.3. The number of phosphoric acid groups is 1. The van der Waals surface area contributed by atoms with Crippen molar-refractivity contribution in [2.24, 2.45) is 0 Å². The van der Waals surface area contributed by atoms with Gasteiger partial charge in [-0.3, -0.25) is 18.6 Å². The van der Waals surface area contributed by atoms with E-state index in [1.807, 2.05) is 21.1 Å². The van der Waals surface area contributed by atoms with Crippen LogP contribution >= 0.6 is 7.82 Å². The molecule has 70 heavy (non-hydrogen) atoms. The summed E-state index contributed by atoms with van der Waals surface area (Å²) in [4.78, 5) is 35.7. The smallest absolute Gasteiger partial charge is 0.462 e. The second-order valence-corrected chi connectivity index (χ2v) is 20.7. The number of phosphoric ester groups is 1. The van der Waals surface area contributed by atoms with E-state index in [0.29, 0.717) is 17.4 Å². The first kappa shape index (κ1) is 66.7. The van der Waals surface area contributed by atoms with Crippen LogP contribution in [0.15, 0.2) is 109 Å². The monoisotopic (exact) mass is 997 g/mol. The summed E-state index contributed by atoms with van der Waals surface area (Å²) in [5, 5.41) is 0. The first-order valence-electron chi connectivity index (χ1n) is 27.6. The van der Waals surface area contributed by atoms with Crippen LogP contribution in [-0.2, 0) is 32.7 Å². The van der Waals surface area contributed by atoms with Gasteiger partial charge in [-0.15, -0.1) is 0 Å². The number of unbranched alkanes of at least 4 members (excludes halogenated alkanes) is 17. The number of carbonyl (C=O) groups excluding carboxylic acids is 2. The fourth-order valence-electron chi connectivity index (χ4n) is 7.09. The molecule has 0 spiro atoms. The van der Waals surface area contributed by atoms with Crippen LogP contribution in [-0.4, -0.2) is 74.9 Å². The normalized spacial score (nSPS) is 14.2. The summed E-state index contributed by atoms with van der Waals surface area (Å²) in [5.41, 5.74) is 0. The molecule has 0 saturated carbocycles. The van der Waals surface area contributed by atoms with Gasteiger partial charge in [-0.1, -0.05) is 207 Å². The maximum atomic E-state index is 12.8. The standard InChI is InChI=1S/C60H102NO8P/c1-6-8-10-12-14-16-18-20-22-24-26-28-29-30-31-33-34-36-38-40-42-44-46-48-50-52-59(62)66-56-58(57-68-70(64,65)67-55-54-61(3,4)5)69-60(63)53-51-49-47-45-43-41-39-37-35-32-27-25-23-21-19-17-15-13-11-9-7-2/h8-11,14-17,20-23,26-28,32,37,39,58H,6-7,12-13,18-19,24-25,29-31,33-36,38,40-57H2,1-5H3/p+1/b10-8-,11-9-,16-14-,17-15-,22-20-,23-21-,28-26-,32-27-,39-37-. The second kappa shape index (κ2) is 50.6. The van der Waals surface area contributed by atoms with Crippen LogP contribution in [0.5, 0.6) is 0 Å². The lowest BCUT2D eigenvalue weighted by atomic mass is 10.0. The van der Waals surface area contributed by atoms with Crippen molar-refractivity contribution in [1.29, 1.82) is 0 Å². The summed E-state index contributed by atoms with van der Waals surface area (Å²) in [6.07, 6.45) is 70.0. The van der Waals surface area contributed by atoms with E-state index in [1.54, 1.807) is 0 Å². The number of quaternary nitrogens is 1. The Kier molecular flexibility index (Phi) is 48.2. The molecular formula is C60H103NO8P+. The predicted octanol–water partition coefficient (Wildman–Crippen LogP) is 17.0. The van der Waals surface area contributed by atoms with E-state index in [0.717, 1.165) is 109 Å². The molecule has 0 rings (SSSR count). The Labute approximate surface area is 429 Å². The van der Waals surface area contributed by atoms with Gasteiger partial charge in [0.15, 0.2) is 6.10 Å². The van der Waals surface area contributed by atoms with E-state index in [1.165, 1.54) is 64.2 Å². The Hall–Kier alpha value is -3.33. The minimum Gasteiger partial charge on any atom is -0.462 e. The second-order valence-electron chi connectivity index (χ2n) is 19.2. The Bertz CT molecular complexity index is 1550. The quantitative estimate of drug-likeness (QED) is 0.0211. The summed E-state index contributed by atoms with van der Waals surface area (Å²) < 4.78 is 34.5. The summed E-state index contributed by atoms with van der Waals surface area (Å²) in [6.45, 7) is 4.17. The first-order valence-corrected chi connectivity index (χ1v) is 29.1. The highest BCUT2D eigenvalue weighted by molar-refractivity contribution is 7.47. The molecule has 0 aromatic heterocycles. The van der Waals surface area contributed by atoms with Crippen molar-refractivity contribution in [1.82, 2.24) is 0 Å². The number of likely N-dealkylation sites (N-methyl/N-ethyl adjacent to an activating group) is 1. The van der Waals surface area contributed by atoms with Crippen molar-refractivity contribution < 1.29 is 42.1 Å². The average Bonchev–Trinajstić information content (AvgIpc) is 3.32. The highest BCUT2D eigenvalue weighted by Crippen LogP contribution is 2.43. The summed E-state index contributed by atoms with van der Waals surface area (Å²) in [7, 11) is 1.45. The molecule has 0 heterocycles. The molecule has 0 bridgehead atoms. The molecule has 0 aliphatic heterocycles. The van der Waals surface area contributed by atoms with Gasteiger partial charge in [-0.25, -0.2) is 4.57 Å². The first-order chi connectivity index (χ1) is 34.0. The Balaban J connectivity index is 4.25. The van der Waals surface area contributed by atoms with Crippen LogP contribution in [0.25, 0.3) is 0 Å². The number of rotatable bonds is 49. The number of allylic oxidation sites excluding steroid dienone is 18. The van der Waals surface area contributed by atoms with Crippen molar-refractivity contribution in [2.75, 3.05) is 47.5 Å². The van der Waals surface area contributed by atoms with E-state index in [9.17, 15) is 19.0 Å². The Morgan fingerprint density at radius 1 is 0.443 bits per heavy atom. The molecule has 0 aliphatic carbocycles. The molecule has 0 fully saturated rings.